The Morgan fingerprint density at radius 3 is 2.16 bits per heavy atom. The van der Waals surface area contributed by atoms with E-state index in [1.165, 1.54) is 23.8 Å². The summed E-state index contributed by atoms with van der Waals surface area (Å²) in [6.45, 7) is 0. The number of nitrogens with zero attached hydrogens (tertiary/aromatic N) is 3. The molecule has 7 aromatic rings. The van der Waals surface area contributed by atoms with Crippen LogP contribution in [0.5, 0.6) is 0 Å². The summed E-state index contributed by atoms with van der Waals surface area (Å²) >= 11 is 0. The number of furan rings is 1. The van der Waals surface area contributed by atoms with Crippen LogP contribution in [0.15, 0.2) is 150 Å². The van der Waals surface area contributed by atoms with Gasteiger partial charge in [0.25, 0.3) is 0 Å². The lowest BCUT2D eigenvalue weighted by Crippen LogP contribution is -2.01. The lowest BCUT2D eigenvalue weighted by atomic mass is 9.88. The van der Waals surface area contributed by atoms with Gasteiger partial charge in [-0.05, 0) is 35.2 Å². The van der Waals surface area contributed by atoms with Crippen LogP contribution in [-0.2, 0) is 0 Å². The smallest absolute Gasteiger partial charge is 0.164 e. The predicted molar refractivity (Wildman–Crippen MR) is 174 cm³/mol. The van der Waals surface area contributed by atoms with E-state index in [0.29, 0.717) is 10.9 Å². The maximum Gasteiger partial charge on any atom is 0.164 e. The highest BCUT2D eigenvalue weighted by Gasteiger charge is 2.18. The average Bonchev–Trinajstić information content (AvgIpc) is 3.54. The average molecular weight is 563 g/mol. The second-order valence-electron chi connectivity index (χ2n) is 10.1. The molecule has 4 nitrogen and oxygen atoms in total. The summed E-state index contributed by atoms with van der Waals surface area (Å²) in [6.07, 6.45) is 7.34. The van der Waals surface area contributed by atoms with Crippen molar-refractivity contribution in [2.24, 2.45) is 0 Å². The Balaban J connectivity index is 1.31. The number of fused-ring (bicyclic) bond motifs is 3. The van der Waals surface area contributed by atoms with E-state index in [4.69, 9.17) is 21.7 Å². The van der Waals surface area contributed by atoms with Crippen LogP contribution in [0.25, 0.3) is 61.7 Å². The summed E-state index contributed by atoms with van der Waals surface area (Å²) < 4.78 is 82.1. The highest BCUT2D eigenvalue weighted by Crippen LogP contribution is 2.37. The standard InChI is InChI=1S/C39H27N3O/c1-3-10-26(11-4-1)27-18-20-28(21-19-27)29-22-24-31(25-23-29)38-40-37(30-12-5-2-6-13-30)41-39(42-38)33-15-9-17-35-36(33)32-14-7-8-16-34(32)43-35/h1-18,20-25,27H,19H2/i2D,5D,6D,7D,12D,13D,15D,16D,17D. The molecule has 204 valence electrons. The molecule has 0 fully saturated rings. The van der Waals surface area contributed by atoms with Crippen molar-refractivity contribution in [3.8, 4) is 34.2 Å². The lowest BCUT2D eigenvalue weighted by Gasteiger charge is -2.17. The fourth-order valence-electron chi connectivity index (χ4n) is 5.38. The molecular weight excluding hydrogens is 526 g/mol. The van der Waals surface area contributed by atoms with Crippen molar-refractivity contribution in [1.29, 1.82) is 0 Å². The summed E-state index contributed by atoms with van der Waals surface area (Å²) in [5.74, 6) is 0.135. The quantitative estimate of drug-likeness (QED) is 0.209. The third-order valence-electron chi connectivity index (χ3n) is 7.52. The molecule has 2 heterocycles. The number of hydrogen-bond donors (Lipinski definition) is 0. The summed E-state index contributed by atoms with van der Waals surface area (Å²) in [7, 11) is 0. The fraction of sp³-hybridized carbons (Fsp3) is 0.0513. The zero-order chi connectivity index (χ0) is 36.4. The lowest BCUT2D eigenvalue weighted by molar-refractivity contribution is 0.669. The number of aromatic nitrogens is 3. The molecule has 0 saturated carbocycles. The first-order valence-corrected chi connectivity index (χ1v) is 13.8. The maximum absolute atomic E-state index is 8.97. The third-order valence-corrected chi connectivity index (χ3v) is 7.52. The first-order valence-electron chi connectivity index (χ1n) is 18.3. The molecule has 1 atom stereocenters. The summed E-state index contributed by atoms with van der Waals surface area (Å²) in [4.78, 5) is 14.0. The molecule has 5 aromatic carbocycles. The van der Waals surface area contributed by atoms with E-state index in [0.717, 1.165) is 17.6 Å². The minimum Gasteiger partial charge on any atom is -0.456 e. The van der Waals surface area contributed by atoms with E-state index in [9.17, 15) is 0 Å². The fourth-order valence-corrected chi connectivity index (χ4v) is 5.38. The van der Waals surface area contributed by atoms with Crippen LogP contribution in [-0.4, -0.2) is 15.0 Å². The van der Waals surface area contributed by atoms with Gasteiger partial charge in [-0.1, -0.05) is 133 Å². The van der Waals surface area contributed by atoms with Gasteiger partial charge >= 0.3 is 0 Å². The summed E-state index contributed by atoms with van der Waals surface area (Å²) in [6, 6.07) is 18.9. The number of para-hydroxylation sites is 1. The SMILES string of the molecule is [2H]c1cc([2H])c2oc3c([2H])cc([2H])c(-c4nc(-c5ccc(C6=CCC(c7ccccc7)C=C6)cc5)nc(-c5c([2H])c([2H])c([2H])c([2H])c5[2H])n4)c3c2c1. The van der Waals surface area contributed by atoms with Gasteiger partial charge in [-0.25, -0.2) is 15.0 Å². The van der Waals surface area contributed by atoms with E-state index in [1.54, 1.807) is 0 Å². The van der Waals surface area contributed by atoms with Gasteiger partial charge in [0.1, 0.15) is 11.2 Å². The van der Waals surface area contributed by atoms with Gasteiger partial charge in [-0.2, -0.15) is 0 Å². The van der Waals surface area contributed by atoms with Gasteiger partial charge in [-0.3, -0.25) is 0 Å². The molecule has 2 aromatic heterocycles. The van der Waals surface area contributed by atoms with E-state index >= 15 is 0 Å². The van der Waals surface area contributed by atoms with Gasteiger partial charge in [0.05, 0.1) is 12.3 Å². The van der Waals surface area contributed by atoms with Gasteiger partial charge in [0.2, 0.25) is 0 Å². The van der Waals surface area contributed by atoms with Crippen LogP contribution in [0.2, 0.25) is 0 Å². The first-order chi connectivity index (χ1) is 25.0. The molecule has 0 radical (unpaired) electrons. The highest BCUT2D eigenvalue weighted by atomic mass is 16.3. The van der Waals surface area contributed by atoms with Gasteiger partial charge in [0, 0.05) is 33.4 Å². The molecule has 0 spiro atoms. The molecule has 0 N–H and O–H groups in total. The van der Waals surface area contributed by atoms with Crippen LogP contribution < -0.4 is 0 Å². The first kappa shape index (κ1) is 17.4. The van der Waals surface area contributed by atoms with Crippen molar-refractivity contribution in [3.05, 3.63) is 157 Å². The van der Waals surface area contributed by atoms with Crippen molar-refractivity contribution in [3.63, 3.8) is 0 Å². The molecule has 1 unspecified atom stereocenters. The van der Waals surface area contributed by atoms with Crippen molar-refractivity contribution in [2.45, 2.75) is 12.3 Å². The van der Waals surface area contributed by atoms with Crippen molar-refractivity contribution in [1.82, 2.24) is 15.0 Å². The maximum atomic E-state index is 8.97. The molecule has 0 saturated heterocycles. The Labute approximate surface area is 262 Å². The van der Waals surface area contributed by atoms with Crippen molar-refractivity contribution >= 4 is 27.5 Å². The third kappa shape index (κ3) is 4.73. The Morgan fingerprint density at radius 1 is 0.628 bits per heavy atom. The normalized spacial score (nSPS) is 17.6. The second kappa shape index (κ2) is 10.7. The minimum absolute atomic E-state index is 0.0304. The van der Waals surface area contributed by atoms with Crippen LogP contribution in [0.3, 0.4) is 0 Å². The number of benzene rings is 5. The monoisotopic (exact) mass is 562 g/mol. The van der Waals surface area contributed by atoms with E-state index < -0.39 is 30.2 Å². The molecule has 0 aliphatic heterocycles. The largest absolute Gasteiger partial charge is 0.456 e. The minimum atomic E-state index is -0.562. The summed E-state index contributed by atoms with van der Waals surface area (Å²) in [5, 5.41) is 0.573. The molecule has 1 aliphatic carbocycles. The molecule has 43 heavy (non-hydrogen) atoms. The second-order valence-corrected chi connectivity index (χ2v) is 10.1. The topological polar surface area (TPSA) is 51.8 Å². The van der Waals surface area contributed by atoms with Crippen molar-refractivity contribution < 1.29 is 16.8 Å². The number of allylic oxidation sites excluding steroid dienone is 4. The van der Waals surface area contributed by atoms with E-state index in [2.05, 4.69) is 40.3 Å². The molecule has 0 amide bonds. The molecule has 4 heteroatoms. The van der Waals surface area contributed by atoms with Crippen LogP contribution in [0.4, 0.5) is 0 Å². The van der Waals surface area contributed by atoms with Gasteiger partial charge in [0.15, 0.2) is 17.5 Å². The molecular formula is C39H27N3O. The highest BCUT2D eigenvalue weighted by molar-refractivity contribution is 6.11. The van der Waals surface area contributed by atoms with Gasteiger partial charge in [-0.15, -0.1) is 0 Å². The Kier molecular flexibility index (Phi) is 4.31. The predicted octanol–water partition coefficient (Wildman–Crippen LogP) is 9.90. The molecule has 8 rings (SSSR count). The Hall–Kier alpha value is -5.61. The van der Waals surface area contributed by atoms with Crippen LogP contribution >= 0.6 is 0 Å². The van der Waals surface area contributed by atoms with Crippen LogP contribution in [0, 0.1) is 0 Å². The van der Waals surface area contributed by atoms with E-state index in [-0.39, 0.29) is 75.2 Å². The van der Waals surface area contributed by atoms with E-state index in [1.807, 2.05) is 42.5 Å². The summed E-state index contributed by atoms with van der Waals surface area (Å²) in [5.41, 5.74) is 3.89. The van der Waals surface area contributed by atoms with Crippen LogP contribution in [0.1, 0.15) is 35.8 Å². The molecule has 1 aliphatic rings. The van der Waals surface area contributed by atoms with Crippen molar-refractivity contribution in [2.75, 3.05) is 0 Å². The Morgan fingerprint density at radius 2 is 1.37 bits per heavy atom. The zero-order valence-corrected chi connectivity index (χ0v) is 22.7. The molecule has 0 bridgehead atoms. The Bertz CT molecular complexity index is 2630. The van der Waals surface area contributed by atoms with Gasteiger partial charge < -0.3 is 4.42 Å². The number of hydrogen-bond acceptors (Lipinski definition) is 4. The number of rotatable bonds is 5. The zero-order valence-electron chi connectivity index (χ0n) is 31.7.